The number of rotatable bonds is 2. The lowest BCUT2D eigenvalue weighted by Gasteiger charge is -2.19. The highest BCUT2D eigenvalue weighted by Gasteiger charge is 2.36. The molecule has 10 aromatic carbocycles. The van der Waals surface area contributed by atoms with Crippen LogP contribution in [-0.4, -0.2) is 0 Å². The molecule has 308 valence electrons. The van der Waals surface area contributed by atoms with Gasteiger partial charge < -0.3 is 0 Å². The van der Waals surface area contributed by atoms with Crippen molar-refractivity contribution in [2.75, 3.05) is 0 Å². The van der Waals surface area contributed by atoms with Gasteiger partial charge in [-0.25, -0.2) is 0 Å². The van der Waals surface area contributed by atoms with Crippen molar-refractivity contribution < 1.29 is 1.43 Å². The molecule has 0 fully saturated rings. The Balaban J connectivity index is 0.000000142. The molecule has 1 atom stereocenters. The highest BCUT2D eigenvalue weighted by molar-refractivity contribution is 6.31. The maximum Gasteiger partial charge on any atom is 0.0143 e. The zero-order chi connectivity index (χ0) is 42.1. The average molecular weight is 830 g/mol. The zero-order valence-electron chi connectivity index (χ0n) is 35.3. The van der Waals surface area contributed by atoms with E-state index in [0.717, 1.165) is 6.42 Å². The lowest BCUT2D eigenvalue weighted by atomic mass is 9.84. The van der Waals surface area contributed by atoms with Crippen LogP contribution < -0.4 is 0 Å². The van der Waals surface area contributed by atoms with E-state index in [1.807, 2.05) is 0 Å². The molecule has 0 heteroatoms. The Labute approximate surface area is 383 Å². The van der Waals surface area contributed by atoms with Gasteiger partial charge in [-0.3, -0.25) is 0 Å². The second-order valence-electron chi connectivity index (χ2n) is 17.4. The number of fused-ring (bicyclic) bond motifs is 12. The van der Waals surface area contributed by atoms with E-state index in [4.69, 9.17) is 0 Å². The van der Waals surface area contributed by atoms with Crippen LogP contribution in [0.3, 0.4) is 0 Å². The molecule has 0 bridgehead atoms. The summed E-state index contributed by atoms with van der Waals surface area (Å²) in [6.45, 7) is 0. The van der Waals surface area contributed by atoms with Crippen molar-refractivity contribution in [1.82, 2.24) is 0 Å². The summed E-state index contributed by atoms with van der Waals surface area (Å²) in [5.41, 5.74) is 25.9. The highest BCUT2D eigenvalue weighted by Crippen LogP contribution is 2.57. The summed E-state index contributed by atoms with van der Waals surface area (Å²) in [5.74, 6) is 0.353. The minimum Gasteiger partial charge on any atom is -0.0776 e. The van der Waals surface area contributed by atoms with Gasteiger partial charge in [0, 0.05) is 7.34 Å². The minimum atomic E-state index is 0. The Morgan fingerprint density at radius 1 is 0.338 bits per heavy atom. The van der Waals surface area contributed by atoms with Gasteiger partial charge in [0.15, 0.2) is 0 Å². The van der Waals surface area contributed by atoms with Gasteiger partial charge in [0.05, 0.1) is 0 Å². The van der Waals surface area contributed by atoms with Gasteiger partial charge in [-0.1, -0.05) is 238 Å². The summed E-state index contributed by atoms with van der Waals surface area (Å²) in [6, 6.07) is 84.2. The predicted molar refractivity (Wildman–Crippen MR) is 280 cm³/mol. The summed E-state index contributed by atoms with van der Waals surface area (Å²) < 4.78 is 0. The second-order valence-corrected chi connectivity index (χ2v) is 17.4. The fourth-order valence-corrected chi connectivity index (χ4v) is 11.3. The van der Waals surface area contributed by atoms with Crippen LogP contribution in [-0.2, 0) is 6.42 Å². The summed E-state index contributed by atoms with van der Waals surface area (Å²) >= 11 is 0. The smallest absolute Gasteiger partial charge is 0.0143 e. The zero-order valence-corrected chi connectivity index (χ0v) is 35.3. The van der Waals surface area contributed by atoms with Crippen LogP contribution in [0, 0.1) is 0 Å². The molecule has 4 aliphatic carbocycles. The monoisotopic (exact) mass is 829 g/mol. The third-order valence-corrected chi connectivity index (χ3v) is 14.0. The van der Waals surface area contributed by atoms with Gasteiger partial charge >= 0.3 is 0 Å². The standard InChI is InChI=1S/C32H22.C32H20.CH4.H2/c2*1-2-10-21(11-3-1)29-20-23-19-18-22-12-4-5-13-24(22)30(23)32(29)31-27-16-8-6-14-25(27)26-15-7-9-17-28(26)31;;/h1-19,29H,20H2;1-20H;1H4;1H/t29-;;;/m0.../s1/i;;;1+1. The molecular formula is C65H48. The van der Waals surface area contributed by atoms with Crippen molar-refractivity contribution in [1.29, 1.82) is 0 Å². The van der Waals surface area contributed by atoms with Gasteiger partial charge in [-0.2, -0.15) is 0 Å². The van der Waals surface area contributed by atoms with Gasteiger partial charge in [0.25, 0.3) is 0 Å². The number of hydrogen-bond donors (Lipinski definition) is 0. The molecule has 0 saturated heterocycles. The molecule has 0 heterocycles. The molecule has 65 heavy (non-hydrogen) atoms. The van der Waals surface area contributed by atoms with Crippen molar-refractivity contribution in [2.24, 2.45) is 0 Å². The van der Waals surface area contributed by atoms with E-state index in [-0.39, 0.29) is 8.85 Å². The highest BCUT2D eigenvalue weighted by atomic mass is 14.4. The fraction of sp³-hybridized carbons (Fsp3) is 0.0462. The van der Waals surface area contributed by atoms with Crippen LogP contribution >= 0.6 is 0 Å². The molecule has 0 amide bonds. The first-order valence-corrected chi connectivity index (χ1v) is 22.5. The van der Waals surface area contributed by atoms with Crippen molar-refractivity contribution in [3.05, 3.63) is 286 Å². The lowest BCUT2D eigenvalue weighted by Crippen LogP contribution is -2.00. The molecule has 0 aliphatic heterocycles. The first-order chi connectivity index (χ1) is 31.8. The predicted octanol–water partition coefficient (Wildman–Crippen LogP) is 17.3. The molecule has 4 aliphatic rings. The topological polar surface area (TPSA) is 0 Å². The molecule has 0 radical (unpaired) electrons. The van der Waals surface area contributed by atoms with E-state index in [1.54, 1.807) is 0 Å². The SMILES string of the molecule is C.C1=C(c2ccccc2)C(=C2c3ccccc3-c3ccccc32)c2c1ccc1ccccc21.[2HH].c1ccc([C@@H]2Cc3ccc4ccccc4c3C2=C2c3ccccc3-c3ccccc32)cc1. The Bertz CT molecular complexity index is 3490. The molecule has 0 N–H and O–H groups in total. The Morgan fingerprint density at radius 3 is 1.32 bits per heavy atom. The van der Waals surface area contributed by atoms with Crippen LogP contribution in [0.25, 0.3) is 77.7 Å². The van der Waals surface area contributed by atoms with Crippen LogP contribution in [0.4, 0.5) is 0 Å². The normalized spacial score (nSPS) is 14.7. The maximum atomic E-state index is 2.38. The molecule has 10 aromatic rings. The summed E-state index contributed by atoms with van der Waals surface area (Å²) in [7, 11) is 0. The summed E-state index contributed by atoms with van der Waals surface area (Å²) in [4.78, 5) is 0. The van der Waals surface area contributed by atoms with Gasteiger partial charge in [0.2, 0.25) is 0 Å². The number of allylic oxidation sites excluding steroid dienone is 3. The van der Waals surface area contributed by atoms with Crippen LogP contribution in [0.15, 0.2) is 231 Å². The third kappa shape index (κ3) is 6.06. The molecular weight excluding hydrogens is 781 g/mol. The van der Waals surface area contributed by atoms with E-state index >= 15 is 0 Å². The van der Waals surface area contributed by atoms with Crippen molar-refractivity contribution in [2.45, 2.75) is 19.8 Å². The quantitative estimate of drug-likeness (QED) is 0.163. The first kappa shape index (κ1) is 38.6. The van der Waals surface area contributed by atoms with E-state index in [2.05, 4.69) is 237 Å². The van der Waals surface area contributed by atoms with E-state index in [0.29, 0.717) is 5.92 Å². The van der Waals surface area contributed by atoms with Crippen molar-refractivity contribution in [3.63, 3.8) is 0 Å². The van der Waals surface area contributed by atoms with Gasteiger partial charge in [-0.15, -0.1) is 0 Å². The molecule has 0 saturated carbocycles. The van der Waals surface area contributed by atoms with Crippen molar-refractivity contribution in [3.8, 4) is 22.3 Å². The van der Waals surface area contributed by atoms with Gasteiger partial charge in [-0.05, 0) is 140 Å². The minimum absolute atomic E-state index is 0. The molecule has 0 aromatic heterocycles. The second kappa shape index (κ2) is 15.6. The van der Waals surface area contributed by atoms with E-state index < -0.39 is 0 Å². The third-order valence-electron chi connectivity index (χ3n) is 14.0. The first-order valence-electron chi connectivity index (χ1n) is 22.5. The number of hydrogen-bond acceptors (Lipinski definition) is 0. The average Bonchev–Trinajstić information content (AvgIpc) is 4.13. The van der Waals surface area contributed by atoms with Gasteiger partial charge in [0.1, 0.15) is 0 Å². The molecule has 0 nitrogen and oxygen atoms in total. The Kier molecular flexibility index (Phi) is 9.28. The van der Waals surface area contributed by atoms with Crippen LogP contribution in [0.5, 0.6) is 0 Å². The summed E-state index contributed by atoms with van der Waals surface area (Å²) in [6.07, 6.45) is 3.43. The Hall–Kier alpha value is -8.06. The number of benzene rings is 10. The molecule has 0 unspecified atom stereocenters. The lowest BCUT2D eigenvalue weighted by molar-refractivity contribution is 0.899. The largest absolute Gasteiger partial charge is 0.0776 e. The summed E-state index contributed by atoms with van der Waals surface area (Å²) in [5, 5.41) is 5.29. The molecule has 0 spiro atoms. The van der Waals surface area contributed by atoms with Crippen LogP contribution in [0.1, 0.15) is 70.4 Å². The molecule has 14 rings (SSSR count). The fourth-order valence-electron chi connectivity index (χ4n) is 11.3. The van der Waals surface area contributed by atoms with E-state index in [9.17, 15) is 0 Å². The van der Waals surface area contributed by atoms with Crippen LogP contribution in [0.2, 0.25) is 0 Å². The Morgan fingerprint density at radius 2 is 0.769 bits per heavy atom. The van der Waals surface area contributed by atoms with E-state index in [1.165, 1.54) is 127 Å². The maximum absolute atomic E-state index is 2.38. The van der Waals surface area contributed by atoms with Crippen molar-refractivity contribution >= 4 is 55.5 Å².